The molecule has 1 aliphatic carbocycles. The predicted molar refractivity (Wildman–Crippen MR) is 118 cm³/mol. The van der Waals surface area contributed by atoms with Gasteiger partial charge in [0.1, 0.15) is 5.60 Å². The van der Waals surface area contributed by atoms with Gasteiger partial charge < -0.3 is 14.4 Å². The highest BCUT2D eigenvalue weighted by Gasteiger charge is 2.27. The van der Waals surface area contributed by atoms with Crippen LogP contribution in [-0.2, 0) is 16.1 Å². The molecular weight excluding hydrogens is 394 g/mol. The number of esters is 1. The summed E-state index contributed by atoms with van der Waals surface area (Å²) in [4.78, 5) is 19.4. The molecule has 0 bridgehead atoms. The van der Waals surface area contributed by atoms with Gasteiger partial charge in [-0.2, -0.15) is 4.98 Å². The number of rotatable bonds is 9. The molecule has 2 fully saturated rings. The number of piperidine rings is 1. The molecule has 1 unspecified atom stereocenters. The van der Waals surface area contributed by atoms with Crippen LogP contribution in [0.25, 0.3) is 0 Å². The summed E-state index contributed by atoms with van der Waals surface area (Å²) in [6, 6.07) is 0. The molecule has 7 nitrogen and oxygen atoms in total. The zero-order valence-electron chi connectivity index (χ0n) is 19.6. The Bertz CT molecular complexity index is 671. The van der Waals surface area contributed by atoms with Crippen molar-refractivity contribution < 1.29 is 19.2 Å². The lowest BCUT2D eigenvalue weighted by Gasteiger charge is -2.28. The van der Waals surface area contributed by atoms with Crippen molar-refractivity contribution in [3.8, 4) is 0 Å². The van der Waals surface area contributed by atoms with E-state index in [2.05, 4.69) is 15.0 Å². The summed E-state index contributed by atoms with van der Waals surface area (Å²) in [5.74, 6) is 1.74. The highest BCUT2D eigenvalue weighted by molar-refractivity contribution is 5.70. The molecule has 1 aliphatic heterocycles. The lowest BCUT2D eigenvalue weighted by molar-refractivity contribution is -0.155. The second-order valence-corrected chi connectivity index (χ2v) is 10.5. The lowest BCUT2D eigenvalue weighted by atomic mass is 9.84. The van der Waals surface area contributed by atoms with Gasteiger partial charge in [-0.25, -0.2) is 0 Å². The third kappa shape index (κ3) is 8.53. The summed E-state index contributed by atoms with van der Waals surface area (Å²) < 4.78 is 11.2. The summed E-state index contributed by atoms with van der Waals surface area (Å²) in [6.45, 7) is 7.98. The van der Waals surface area contributed by atoms with Gasteiger partial charge >= 0.3 is 5.97 Å². The number of aromatic nitrogens is 2. The molecule has 0 radical (unpaired) electrons. The highest BCUT2D eigenvalue weighted by Crippen LogP contribution is 2.31. The van der Waals surface area contributed by atoms with E-state index in [1.165, 1.54) is 38.5 Å². The topological polar surface area (TPSA) is 88.7 Å². The fraction of sp³-hybridized carbons (Fsp3) is 0.875. The highest BCUT2D eigenvalue weighted by atomic mass is 16.6. The molecule has 31 heavy (non-hydrogen) atoms. The van der Waals surface area contributed by atoms with Crippen molar-refractivity contribution >= 4 is 5.97 Å². The Hall–Kier alpha value is -1.47. The molecule has 2 heterocycles. The first kappa shape index (κ1) is 24.2. The number of hydrogen-bond acceptors (Lipinski definition) is 7. The number of aliphatic hydroxyl groups excluding tert-OH is 1. The Labute approximate surface area is 186 Å². The fourth-order valence-electron chi connectivity index (χ4n) is 4.80. The van der Waals surface area contributed by atoms with Crippen molar-refractivity contribution in [2.45, 2.75) is 116 Å². The number of carbonyl (C=O) groups is 1. The molecule has 1 saturated carbocycles. The van der Waals surface area contributed by atoms with Gasteiger partial charge in [0, 0.05) is 19.0 Å². The zero-order chi connectivity index (χ0) is 22.3. The second-order valence-electron chi connectivity index (χ2n) is 10.5. The fourth-order valence-corrected chi connectivity index (χ4v) is 4.80. The van der Waals surface area contributed by atoms with Crippen LogP contribution in [0.15, 0.2) is 4.52 Å². The van der Waals surface area contributed by atoms with Crippen LogP contribution in [0.4, 0.5) is 0 Å². The van der Waals surface area contributed by atoms with E-state index in [4.69, 9.17) is 9.26 Å². The standard InChI is InChI=1S/C24H41N3O4/c1-24(2,3)30-22(29)16-19(11-7-10-18-8-5-4-6-9-18)23-25-21(26-31-23)17-27-14-12-20(28)13-15-27/h18-20,28H,4-17H2,1-3H3. The number of likely N-dealkylation sites (tertiary alicyclic amines) is 1. The van der Waals surface area contributed by atoms with Gasteiger partial charge in [-0.15, -0.1) is 0 Å². The first-order valence-corrected chi connectivity index (χ1v) is 12.2. The van der Waals surface area contributed by atoms with Crippen molar-refractivity contribution in [2.24, 2.45) is 5.92 Å². The zero-order valence-corrected chi connectivity index (χ0v) is 19.6. The maximum atomic E-state index is 12.5. The molecule has 1 saturated heterocycles. The molecule has 0 aromatic carbocycles. The van der Waals surface area contributed by atoms with Crippen LogP contribution in [0, 0.1) is 5.92 Å². The number of nitrogens with zero attached hydrogens (tertiary/aromatic N) is 3. The van der Waals surface area contributed by atoms with Crippen LogP contribution < -0.4 is 0 Å². The number of carbonyl (C=O) groups excluding carboxylic acids is 1. The van der Waals surface area contributed by atoms with Crippen molar-refractivity contribution in [3.05, 3.63) is 11.7 Å². The smallest absolute Gasteiger partial charge is 0.307 e. The van der Waals surface area contributed by atoms with Gasteiger partial charge in [0.15, 0.2) is 5.82 Å². The number of ether oxygens (including phenoxy) is 1. The molecular formula is C24H41N3O4. The summed E-state index contributed by atoms with van der Waals surface area (Å²) >= 11 is 0. The van der Waals surface area contributed by atoms with Crippen LogP contribution >= 0.6 is 0 Å². The van der Waals surface area contributed by atoms with Crippen LogP contribution in [0.2, 0.25) is 0 Å². The minimum Gasteiger partial charge on any atom is -0.460 e. The van der Waals surface area contributed by atoms with Gasteiger partial charge in [-0.1, -0.05) is 50.1 Å². The average molecular weight is 436 g/mol. The maximum absolute atomic E-state index is 12.5. The van der Waals surface area contributed by atoms with E-state index in [9.17, 15) is 9.90 Å². The molecule has 1 aromatic rings. The number of aliphatic hydroxyl groups is 1. The van der Waals surface area contributed by atoms with Gasteiger partial charge in [0.2, 0.25) is 5.89 Å². The summed E-state index contributed by atoms with van der Waals surface area (Å²) in [6.07, 6.45) is 11.6. The molecule has 1 N–H and O–H groups in total. The van der Waals surface area contributed by atoms with Crippen molar-refractivity contribution in [2.75, 3.05) is 13.1 Å². The van der Waals surface area contributed by atoms with Gasteiger partial charge in [0.25, 0.3) is 0 Å². The second kappa shape index (κ2) is 11.4. The molecule has 7 heteroatoms. The first-order valence-electron chi connectivity index (χ1n) is 12.2. The van der Waals surface area contributed by atoms with Crippen LogP contribution in [-0.4, -0.2) is 50.9 Å². The molecule has 2 aliphatic rings. The van der Waals surface area contributed by atoms with E-state index in [1.54, 1.807) is 0 Å². The Balaban J connectivity index is 1.57. The molecule has 1 aromatic heterocycles. The van der Waals surface area contributed by atoms with Crippen molar-refractivity contribution in [3.63, 3.8) is 0 Å². The third-order valence-electron chi connectivity index (χ3n) is 6.48. The summed E-state index contributed by atoms with van der Waals surface area (Å²) in [5.41, 5.74) is -0.497. The largest absolute Gasteiger partial charge is 0.460 e. The molecule has 0 spiro atoms. The van der Waals surface area contributed by atoms with Crippen molar-refractivity contribution in [1.82, 2.24) is 15.0 Å². The molecule has 1 atom stereocenters. The summed E-state index contributed by atoms with van der Waals surface area (Å²) in [5, 5.41) is 13.9. The van der Waals surface area contributed by atoms with E-state index in [0.717, 1.165) is 44.7 Å². The van der Waals surface area contributed by atoms with E-state index in [1.807, 2.05) is 20.8 Å². The van der Waals surface area contributed by atoms with Crippen LogP contribution in [0.1, 0.15) is 109 Å². The Morgan fingerprint density at radius 1 is 1.19 bits per heavy atom. The van der Waals surface area contributed by atoms with Gasteiger partial charge in [0.05, 0.1) is 19.1 Å². The van der Waals surface area contributed by atoms with E-state index < -0.39 is 5.60 Å². The summed E-state index contributed by atoms with van der Waals surface area (Å²) in [7, 11) is 0. The lowest BCUT2D eigenvalue weighted by Crippen LogP contribution is -2.35. The third-order valence-corrected chi connectivity index (χ3v) is 6.48. The van der Waals surface area contributed by atoms with E-state index >= 15 is 0 Å². The molecule has 3 rings (SSSR count). The Morgan fingerprint density at radius 2 is 1.90 bits per heavy atom. The van der Waals surface area contributed by atoms with Crippen LogP contribution in [0.3, 0.4) is 0 Å². The predicted octanol–water partition coefficient (Wildman–Crippen LogP) is 4.59. The van der Waals surface area contributed by atoms with Gasteiger partial charge in [-0.05, 0) is 46.0 Å². The monoisotopic (exact) mass is 435 g/mol. The van der Waals surface area contributed by atoms with Gasteiger partial charge in [-0.3, -0.25) is 9.69 Å². The molecule has 176 valence electrons. The van der Waals surface area contributed by atoms with Crippen LogP contribution in [0.5, 0.6) is 0 Å². The number of hydrogen-bond donors (Lipinski definition) is 1. The maximum Gasteiger partial charge on any atom is 0.307 e. The van der Waals surface area contributed by atoms with E-state index in [0.29, 0.717) is 18.3 Å². The van der Waals surface area contributed by atoms with E-state index in [-0.39, 0.29) is 24.4 Å². The Kier molecular flexibility index (Phi) is 8.90. The molecule has 0 amide bonds. The van der Waals surface area contributed by atoms with Crippen molar-refractivity contribution in [1.29, 1.82) is 0 Å². The Morgan fingerprint density at radius 3 is 2.58 bits per heavy atom. The minimum absolute atomic E-state index is 0.0946. The SMILES string of the molecule is CC(C)(C)OC(=O)CC(CCCC1CCCCC1)c1nc(CN2CCC(O)CC2)no1. The first-order chi connectivity index (χ1) is 14.8. The quantitative estimate of drug-likeness (QED) is 0.567. The average Bonchev–Trinajstić information content (AvgIpc) is 3.17. The minimum atomic E-state index is -0.497. The normalized spacial score (nSPS) is 20.6.